The van der Waals surface area contributed by atoms with E-state index in [0.29, 0.717) is 0 Å². The van der Waals surface area contributed by atoms with Crippen molar-refractivity contribution in [3.8, 4) is 0 Å². The van der Waals surface area contributed by atoms with Gasteiger partial charge in [0.15, 0.2) is 0 Å². The standard InChI is InChI=1S/C15H20N2O/c1-12-10-14(11-18-12)15(17-16)9-5-8-13-6-3-2-4-7-13/h2-4,6-7,10-11,15,17H,5,8-9,16H2,1H3. The van der Waals surface area contributed by atoms with E-state index in [0.717, 1.165) is 30.6 Å². The fraction of sp³-hybridized carbons (Fsp3) is 0.333. The first kappa shape index (κ1) is 12.9. The van der Waals surface area contributed by atoms with E-state index >= 15 is 0 Å². The molecule has 0 aliphatic carbocycles. The van der Waals surface area contributed by atoms with E-state index in [4.69, 9.17) is 10.3 Å². The van der Waals surface area contributed by atoms with Crippen molar-refractivity contribution in [2.75, 3.05) is 0 Å². The topological polar surface area (TPSA) is 51.2 Å². The average Bonchev–Trinajstić information content (AvgIpc) is 2.82. The van der Waals surface area contributed by atoms with Gasteiger partial charge in [-0.05, 0) is 37.8 Å². The van der Waals surface area contributed by atoms with Crippen molar-refractivity contribution in [2.45, 2.75) is 32.2 Å². The summed E-state index contributed by atoms with van der Waals surface area (Å²) >= 11 is 0. The van der Waals surface area contributed by atoms with Crippen LogP contribution in [0.25, 0.3) is 0 Å². The Kier molecular flexibility index (Phi) is 4.56. The fourth-order valence-electron chi connectivity index (χ4n) is 2.15. The van der Waals surface area contributed by atoms with Gasteiger partial charge < -0.3 is 4.42 Å². The van der Waals surface area contributed by atoms with E-state index in [1.54, 1.807) is 6.26 Å². The van der Waals surface area contributed by atoms with Crippen LogP contribution in [0.4, 0.5) is 0 Å². The second kappa shape index (κ2) is 6.38. The third kappa shape index (κ3) is 3.45. The molecule has 1 atom stereocenters. The summed E-state index contributed by atoms with van der Waals surface area (Å²) in [6, 6.07) is 12.7. The summed E-state index contributed by atoms with van der Waals surface area (Å²) in [5, 5.41) is 0. The van der Waals surface area contributed by atoms with Crippen LogP contribution in [-0.4, -0.2) is 0 Å². The van der Waals surface area contributed by atoms with Gasteiger partial charge in [0.05, 0.1) is 6.26 Å². The van der Waals surface area contributed by atoms with Crippen LogP contribution in [-0.2, 0) is 6.42 Å². The maximum Gasteiger partial charge on any atom is 0.101 e. The fourth-order valence-corrected chi connectivity index (χ4v) is 2.15. The second-order valence-corrected chi connectivity index (χ2v) is 4.59. The van der Waals surface area contributed by atoms with Gasteiger partial charge in [-0.3, -0.25) is 11.3 Å². The molecule has 1 aromatic heterocycles. The molecule has 0 saturated carbocycles. The largest absolute Gasteiger partial charge is 0.469 e. The lowest BCUT2D eigenvalue weighted by Gasteiger charge is -2.13. The molecule has 0 bridgehead atoms. The molecule has 18 heavy (non-hydrogen) atoms. The minimum Gasteiger partial charge on any atom is -0.469 e. The molecule has 0 amide bonds. The first-order valence-corrected chi connectivity index (χ1v) is 6.34. The monoisotopic (exact) mass is 244 g/mol. The van der Waals surface area contributed by atoms with Crippen LogP contribution in [0, 0.1) is 6.92 Å². The number of hydrogen-bond donors (Lipinski definition) is 2. The maximum absolute atomic E-state index is 5.60. The predicted octanol–water partition coefficient (Wildman–Crippen LogP) is 3.12. The molecule has 2 rings (SSSR count). The van der Waals surface area contributed by atoms with Crippen LogP contribution >= 0.6 is 0 Å². The molecule has 0 aliphatic heterocycles. The zero-order valence-corrected chi connectivity index (χ0v) is 10.7. The highest BCUT2D eigenvalue weighted by molar-refractivity contribution is 5.17. The maximum atomic E-state index is 5.60. The molecule has 0 radical (unpaired) electrons. The molecule has 1 unspecified atom stereocenters. The molecule has 3 heteroatoms. The number of hydrazine groups is 1. The number of hydrogen-bond acceptors (Lipinski definition) is 3. The Morgan fingerprint density at radius 3 is 2.67 bits per heavy atom. The van der Waals surface area contributed by atoms with Crippen molar-refractivity contribution < 1.29 is 4.42 Å². The molecular weight excluding hydrogens is 224 g/mol. The van der Waals surface area contributed by atoms with Crippen LogP contribution < -0.4 is 11.3 Å². The zero-order valence-electron chi connectivity index (χ0n) is 10.7. The molecule has 1 aromatic carbocycles. The van der Waals surface area contributed by atoms with E-state index in [9.17, 15) is 0 Å². The SMILES string of the molecule is Cc1cc(C(CCCc2ccccc2)NN)co1. The van der Waals surface area contributed by atoms with Crippen molar-refractivity contribution in [3.05, 3.63) is 59.5 Å². The molecule has 3 N–H and O–H groups in total. The number of rotatable bonds is 6. The third-order valence-corrected chi connectivity index (χ3v) is 3.16. The van der Waals surface area contributed by atoms with E-state index in [1.165, 1.54) is 5.56 Å². The van der Waals surface area contributed by atoms with E-state index in [2.05, 4.69) is 29.7 Å². The highest BCUT2D eigenvalue weighted by atomic mass is 16.3. The van der Waals surface area contributed by atoms with Crippen molar-refractivity contribution in [3.63, 3.8) is 0 Å². The summed E-state index contributed by atoms with van der Waals surface area (Å²) in [5.74, 6) is 6.53. The second-order valence-electron chi connectivity index (χ2n) is 4.59. The molecule has 3 nitrogen and oxygen atoms in total. The van der Waals surface area contributed by atoms with E-state index < -0.39 is 0 Å². The first-order valence-electron chi connectivity index (χ1n) is 6.34. The van der Waals surface area contributed by atoms with Gasteiger partial charge in [0, 0.05) is 11.6 Å². The number of furan rings is 1. The van der Waals surface area contributed by atoms with Gasteiger partial charge >= 0.3 is 0 Å². The van der Waals surface area contributed by atoms with Gasteiger partial charge in [-0.25, -0.2) is 0 Å². The lowest BCUT2D eigenvalue weighted by atomic mass is 10.0. The molecule has 96 valence electrons. The molecule has 0 saturated heterocycles. The van der Waals surface area contributed by atoms with Crippen molar-refractivity contribution in [1.82, 2.24) is 5.43 Å². The average molecular weight is 244 g/mol. The Morgan fingerprint density at radius 1 is 1.28 bits per heavy atom. The van der Waals surface area contributed by atoms with Crippen LogP contribution in [0.1, 0.15) is 35.8 Å². The van der Waals surface area contributed by atoms with Crippen LogP contribution in [0.15, 0.2) is 47.1 Å². The Balaban J connectivity index is 1.85. The number of aryl methyl sites for hydroxylation is 2. The Bertz CT molecular complexity index is 464. The Labute approximate surface area is 108 Å². The molecule has 2 aromatic rings. The summed E-state index contributed by atoms with van der Waals surface area (Å²) in [6.07, 6.45) is 4.96. The highest BCUT2D eigenvalue weighted by Crippen LogP contribution is 2.21. The van der Waals surface area contributed by atoms with Gasteiger partial charge in [-0.1, -0.05) is 30.3 Å². The van der Waals surface area contributed by atoms with Crippen LogP contribution in [0.5, 0.6) is 0 Å². The van der Waals surface area contributed by atoms with Gasteiger partial charge in [0.1, 0.15) is 5.76 Å². The normalized spacial score (nSPS) is 12.6. The number of nitrogens with one attached hydrogen (secondary N) is 1. The van der Waals surface area contributed by atoms with Crippen molar-refractivity contribution >= 4 is 0 Å². The number of benzene rings is 1. The Hall–Kier alpha value is -1.58. The van der Waals surface area contributed by atoms with Gasteiger partial charge in [-0.2, -0.15) is 0 Å². The van der Waals surface area contributed by atoms with Crippen LogP contribution in [0.2, 0.25) is 0 Å². The van der Waals surface area contributed by atoms with Gasteiger partial charge in [-0.15, -0.1) is 0 Å². The smallest absolute Gasteiger partial charge is 0.101 e. The van der Waals surface area contributed by atoms with Gasteiger partial charge in [0.2, 0.25) is 0 Å². The molecule has 1 heterocycles. The summed E-state index contributed by atoms with van der Waals surface area (Å²) in [4.78, 5) is 0. The van der Waals surface area contributed by atoms with Crippen molar-refractivity contribution in [2.24, 2.45) is 5.84 Å². The minimum atomic E-state index is 0.172. The minimum absolute atomic E-state index is 0.172. The lowest BCUT2D eigenvalue weighted by molar-refractivity contribution is 0.483. The molecular formula is C15H20N2O. The highest BCUT2D eigenvalue weighted by Gasteiger charge is 2.11. The van der Waals surface area contributed by atoms with E-state index in [1.807, 2.05) is 19.1 Å². The summed E-state index contributed by atoms with van der Waals surface area (Å²) < 4.78 is 5.32. The van der Waals surface area contributed by atoms with E-state index in [-0.39, 0.29) is 6.04 Å². The summed E-state index contributed by atoms with van der Waals surface area (Å²) in [5.41, 5.74) is 5.36. The van der Waals surface area contributed by atoms with Gasteiger partial charge in [0.25, 0.3) is 0 Å². The molecule has 0 fully saturated rings. The van der Waals surface area contributed by atoms with Crippen molar-refractivity contribution in [1.29, 1.82) is 0 Å². The summed E-state index contributed by atoms with van der Waals surface area (Å²) in [7, 11) is 0. The molecule has 0 aliphatic rings. The lowest BCUT2D eigenvalue weighted by Crippen LogP contribution is -2.27. The Morgan fingerprint density at radius 2 is 2.06 bits per heavy atom. The first-order chi connectivity index (χ1) is 8.79. The quantitative estimate of drug-likeness (QED) is 0.606. The van der Waals surface area contributed by atoms with Crippen LogP contribution in [0.3, 0.4) is 0 Å². The predicted molar refractivity (Wildman–Crippen MR) is 72.9 cm³/mol. The third-order valence-electron chi connectivity index (χ3n) is 3.16. The molecule has 0 spiro atoms. The summed E-state index contributed by atoms with van der Waals surface area (Å²) in [6.45, 7) is 1.95. The number of nitrogens with two attached hydrogens (primary N) is 1. The zero-order chi connectivity index (χ0) is 12.8.